The molecule has 3 aromatic heterocycles. The van der Waals surface area contributed by atoms with Gasteiger partial charge >= 0.3 is 6.09 Å². The van der Waals surface area contributed by atoms with Gasteiger partial charge in [-0.3, -0.25) is 4.79 Å². The third-order valence-electron chi connectivity index (χ3n) is 6.88. The van der Waals surface area contributed by atoms with Crippen molar-refractivity contribution < 1.29 is 18.4 Å². The van der Waals surface area contributed by atoms with Gasteiger partial charge in [0.1, 0.15) is 22.6 Å². The number of benzene rings is 1. The van der Waals surface area contributed by atoms with Crippen LogP contribution in [-0.4, -0.2) is 54.4 Å². The summed E-state index contributed by atoms with van der Waals surface area (Å²) in [4.78, 5) is 34.3. The second-order valence-electron chi connectivity index (χ2n) is 11.2. The highest BCUT2D eigenvalue weighted by Crippen LogP contribution is 2.33. The molecule has 0 atom stereocenters. The molecule has 1 aromatic carbocycles. The Morgan fingerprint density at radius 3 is 2.47 bits per heavy atom. The predicted molar refractivity (Wildman–Crippen MR) is 137 cm³/mol. The lowest BCUT2D eigenvalue weighted by Gasteiger charge is -2.33. The van der Waals surface area contributed by atoms with Gasteiger partial charge in [-0.15, -0.1) is 0 Å². The summed E-state index contributed by atoms with van der Waals surface area (Å²) in [7, 11) is 0. The molecule has 0 saturated carbocycles. The standard InChI is InChI=1S/C27H31FN6O4/c1-26(2,3)37-25(36)33-12-10-16(11-13-33)20-14-21(35)30-22-19(15-29-34(20)22)23-31-24(32-38-23)27(4,5)17-6-8-18(28)9-7-17/h6-9,14-16H,10-13H2,1-5H3,(H,30,35). The molecule has 1 N–H and O–H groups in total. The first kappa shape index (κ1) is 25.6. The first-order chi connectivity index (χ1) is 17.9. The molecular weight excluding hydrogens is 491 g/mol. The number of aromatic amines is 1. The fourth-order valence-electron chi connectivity index (χ4n) is 4.73. The molecule has 1 amide bonds. The molecule has 38 heavy (non-hydrogen) atoms. The van der Waals surface area contributed by atoms with E-state index >= 15 is 0 Å². The van der Waals surface area contributed by atoms with Crippen molar-refractivity contribution in [2.24, 2.45) is 0 Å². The summed E-state index contributed by atoms with van der Waals surface area (Å²) in [6, 6.07) is 7.73. The number of fused-ring (bicyclic) bond motifs is 1. The fourth-order valence-corrected chi connectivity index (χ4v) is 4.73. The van der Waals surface area contributed by atoms with E-state index in [0.717, 1.165) is 11.3 Å². The Labute approximate surface area is 218 Å². The van der Waals surface area contributed by atoms with Crippen LogP contribution in [0.2, 0.25) is 0 Å². The third kappa shape index (κ3) is 4.92. The van der Waals surface area contributed by atoms with Crippen LogP contribution in [0.15, 0.2) is 45.8 Å². The summed E-state index contributed by atoms with van der Waals surface area (Å²) in [6.45, 7) is 10.4. The van der Waals surface area contributed by atoms with Crippen LogP contribution in [0.25, 0.3) is 17.1 Å². The summed E-state index contributed by atoms with van der Waals surface area (Å²) in [5.41, 5.74) is 1.08. The first-order valence-electron chi connectivity index (χ1n) is 12.6. The summed E-state index contributed by atoms with van der Waals surface area (Å²) in [5, 5.41) is 8.70. The number of halogens is 1. The number of H-pyrrole nitrogens is 1. The quantitative estimate of drug-likeness (QED) is 0.414. The second-order valence-corrected chi connectivity index (χ2v) is 11.2. The van der Waals surface area contributed by atoms with Crippen molar-refractivity contribution in [2.45, 2.75) is 64.4 Å². The molecule has 0 aliphatic carbocycles. The van der Waals surface area contributed by atoms with E-state index in [1.807, 2.05) is 34.6 Å². The van der Waals surface area contributed by atoms with Crippen molar-refractivity contribution in [2.75, 3.05) is 13.1 Å². The van der Waals surface area contributed by atoms with Gasteiger partial charge in [-0.25, -0.2) is 13.7 Å². The highest BCUT2D eigenvalue weighted by Gasteiger charge is 2.32. The molecule has 0 spiro atoms. The molecule has 10 nitrogen and oxygen atoms in total. The van der Waals surface area contributed by atoms with Crippen LogP contribution in [0, 0.1) is 5.82 Å². The van der Waals surface area contributed by atoms with Crippen molar-refractivity contribution in [3.05, 3.63) is 69.8 Å². The van der Waals surface area contributed by atoms with Crippen molar-refractivity contribution in [1.29, 1.82) is 0 Å². The molecule has 1 saturated heterocycles. The Morgan fingerprint density at radius 1 is 1.13 bits per heavy atom. The van der Waals surface area contributed by atoms with E-state index in [9.17, 15) is 14.0 Å². The van der Waals surface area contributed by atoms with Gasteiger partial charge in [0.25, 0.3) is 11.4 Å². The Bertz CT molecular complexity index is 1520. The van der Waals surface area contributed by atoms with Gasteiger partial charge in [0.15, 0.2) is 5.82 Å². The average Bonchev–Trinajstić information content (AvgIpc) is 3.50. The molecule has 200 valence electrons. The van der Waals surface area contributed by atoms with E-state index < -0.39 is 11.0 Å². The van der Waals surface area contributed by atoms with Crippen molar-refractivity contribution in [3.8, 4) is 11.5 Å². The molecule has 11 heteroatoms. The highest BCUT2D eigenvalue weighted by atomic mass is 19.1. The molecule has 4 aromatic rings. The molecule has 1 aliphatic heterocycles. The molecule has 0 radical (unpaired) electrons. The molecule has 5 rings (SSSR count). The zero-order valence-electron chi connectivity index (χ0n) is 22.1. The van der Waals surface area contributed by atoms with Crippen LogP contribution in [0.3, 0.4) is 0 Å². The van der Waals surface area contributed by atoms with Gasteiger partial charge in [-0.05, 0) is 65.2 Å². The van der Waals surface area contributed by atoms with Crippen LogP contribution in [0.4, 0.5) is 9.18 Å². The molecule has 0 unspecified atom stereocenters. The van der Waals surface area contributed by atoms with E-state index in [1.54, 1.807) is 33.8 Å². The number of hydrogen-bond acceptors (Lipinski definition) is 7. The minimum absolute atomic E-state index is 0.0295. The maximum absolute atomic E-state index is 13.4. The number of nitrogens with zero attached hydrogens (tertiary/aromatic N) is 5. The Morgan fingerprint density at radius 2 is 1.82 bits per heavy atom. The Hall–Kier alpha value is -4.02. The number of piperidine rings is 1. The van der Waals surface area contributed by atoms with E-state index in [1.165, 1.54) is 12.1 Å². The number of hydrogen-bond donors (Lipinski definition) is 1. The topological polar surface area (TPSA) is 119 Å². The van der Waals surface area contributed by atoms with Gasteiger partial charge in [0.05, 0.1) is 17.3 Å². The monoisotopic (exact) mass is 522 g/mol. The fraction of sp³-hybridized carbons (Fsp3) is 0.444. The number of likely N-dealkylation sites (tertiary alicyclic amines) is 1. The molecular formula is C27H31FN6O4. The number of rotatable bonds is 4. The largest absolute Gasteiger partial charge is 0.444 e. The summed E-state index contributed by atoms with van der Waals surface area (Å²) in [6.07, 6.45) is 2.60. The van der Waals surface area contributed by atoms with Crippen LogP contribution in [0.5, 0.6) is 0 Å². The van der Waals surface area contributed by atoms with E-state index in [4.69, 9.17) is 9.26 Å². The molecule has 4 heterocycles. The summed E-state index contributed by atoms with van der Waals surface area (Å²) >= 11 is 0. The van der Waals surface area contributed by atoms with Gasteiger partial charge in [0.2, 0.25) is 0 Å². The van der Waals surface area contributed by atoms with E-state index in [0.29, 0.717) is 43.0 Å². The summed E-state index contributed by atoms with van der Waals surface area (Å²) < 4.78 is 26.2. The number of amides is 1. The van der Waals surface area contributed by atoms with Crippen molar-refractivity contribution >= 4 is 11.7 Å². The van der Waals surface area contributed by atoms with Crippen molar-refractivity contribution in [1.82, 2.24) is 29.6 Å². The third-order valence-corrected chi connectivity index (χ3v) is 6.88. The van der Waals surface area contributed by atoms with Gasteiger partial charge in [-0.2, -0.15) is 10.1 Å². The maximum atomic E-state index is 13.4. The second kappa shape index (κ2) is 9.38. The molecule has 1 fully saturated rings. The highest BCUT2D eigenvalue weighted by molar-refractivity contribution is 5.71. The normalized spacial score (nSPS) is 15.3. The van der Waals surface area contributed by atoms with Crippen LogP contribution in [-0.2, 0) is 10.2 Å². The smallest absolute Gasteiger partial charge is 0.410 e. The van der Waals surface area contributed by atoms with Crippen LogP contribution in [0.1, 0.15) is 70.5 Å². The molecule has 0 bridgehead atoms. The zero-order chi connectivity index (χ0) is 27.2. The Balaban J connectivity index is 1.41. The summed E-state index contributed by atoms with van der Waals surface area (Å²) in [5.74, 6) is 0.353. The van der Waals surface area contributed by atoms with E-state index in [2.05, 4.69) is 20.2 Å². The van der Waals surface area contributed by atoms with Crippen LogP contribution < -0.4 is 5.56 Å². The SMILES string of the molecule is CC(C)(C)OC(=O)N1CCC(c2cc(=O)[nH]c3c(-c4nc(C(C)(C)c5ccc(F)cc5)no4)cnn23)CC1. The Kier molecular flexibility index (Phi) is 6.32. The van der Waals surface area contributed by atoms with Crippen LogP contribution >= 0.6 is 0 Å². The lowest BCUT2D eigenvalue weighted by Crippen LogP contribution is -2.41. The lowest BCUT2D eigenvalue weighted by atomic mass is 9.84. The first-order valence-corrected chi connectivity index (χ1v) is 12.6. The maximum Gasteiger partial charge on any atom is 0.410 e. The number of carbonyl (C=O) groups is 1. The number of nitrogens with one attached hydrogen (secondary N) is 1. The van der Waals surface area contributed by atoms with Crippen molar-refractivity contribution in [3.63, 3.8) is 0 Å². The minimum atomic E-state index is -0.640. The lowest BCUT2D eigenvalue weighted by molar-refractivity contribution is 0.0203. The number of aromatic nitrogens is 5. The van der Waals surface area contributed by atoms with Gasteiger partial charge < -0.3 is 19.1 Å². The predicted octanol–water partition coefficient (Wildman–Crippen LogP) is 4.65. The molecule has 1 aliphatic rings. The number of ether oxygens (including phenoxy) is 1. The van der Waals surface area contributed by atoms with E-state index in [-0.39, 0.29) is 29.3 Å². The minimum Gasteiger partial charge on any atom is -0.444 e. The zero-order valence-corrected chi connectivity index (χ0v) is 22.1. The number of carbonyl (C=O) groups excluding carboxylic acids is 1. The average molecular weight is 523 g/mol. The van der Waals surface area contributed by atoms with Gasteiger partial charge in [0, 0.05) is 25.1 Å². The van der Waals surface area contributed by atoms with Gasteiger partial charge in [-0.1, -0.05) is 17.3 Å².